The van der Waals surface area contributed by atoms with E-state index in [-0.39, 0.29) is 30.3 Å². The molecule has 0 fully saturated rings. The minimum absolute atomic E-state index is 0.0313. The lowest BCUT2D eigenvalue weighted by Crippen LogP contribution is -2.13. The Morgan fingerprint density at radius 2 is 2.28 bits per heavy atom. The maximum Gasteiger partial charge on any atom is 0.311 e. The van der Waals surface area contributed by atoms with Crippen LogP contribution in [0.5, 0.6) is 0 Å². The normalized spacial score (nSPS) is 10.7. The van der Waals surface area contributed by atoms with Crippen molar-refractivity contribution in [1.82, 2.24) is 4.98 Å². The van der Waals surface area contributed by atoms with Gasteiger partial charge in [0.05, 0.1) is 35.9 Å². The Kier molecular flexibility index (Phi) is 5.27. The van der Waals surface area contributed by atoms with E-state index >= 15 is 0 Å². The van der Waals surface area contributed by atoms with Crippen molar-refractivity contribution < 1.29 is 18.3 Å². The van der Waals surface area contributed by atoms with Gasteiger partial charge in [0.2, 0.25) is 0 Å². The maximum absolute atomic E-state index is 12.9. The van der Waals surface area contributed by atoms with Gasteiger partial charge in [-0.25, -0.2) is 8.78 Å². The number of hydrogen-bond donors (Lipinski definition) is 1. The average Bonchev–Trinajstić information content (AvgIpc) is 2.27. The highest BCUT2D eigenvalue weighted by atomic mass is 35.5. The van der Waals surface area contributed by atoms with Gasteiger partial charge in [-0.1, -0.05) is 0 Å². The maximum atomic E-state index is 12.9. The first kappa shape index (κ1) is 14.6. The summed E-state index contributed by atoms with van der Waals surface area (Å²) < 4.78 is 30.4. The lowest BCUT2D eigenvalue weighted by molar-refractivity contribution is -0.142. The van der Waals surface area contributed by atoms with Gasteiger partial charge in [-0.05, 0) is 13.0 Å². The molecule has 18 heavy (non-hydrogen) atoms. The summed E-state index contributed by atoms with van der Waals surface area (Å²) in [6.45, 7) is 1.80. The number of nitrogens with zero attached hydrogens (tertiary/aromatic N) is 1. The molecule has 0 unspecified atom stereocenters. The van der Waals surface area contributed by atoms with Crippen LogP contribution < -0.4 is 5.73 Å². The molecule has 1 heterocycles. The van der Waals surface area contributed by atoms with Gasteiger partial charge in [0, 0.05) is 5.69 Å². The van der Waals surface area contributed by atoms with E-state index in [1.807, 2.05) is 0 Å². The Morgan fingerprint density at radius 3 is 2.78 bits per heavy atom. The number of anilines is 1. The number of esters is 1. The number of nitrogens with two attached hydrogens (primary N) is 1. The smallest absolute Gasteiger partial charge is 0.311 e. The third-order valence-corrected chi connectivity index (χ3v) is 2.47. The summed E-state index contributed by atoms with van der Waals surface area (Å²) in [6.07, 6.45) is -3.14. The lowest BCUT2D eigenvalue weighted by atomic mass is 10.1. The monoisotopic (exact) mass is 278 g/mol. The molecule has 0 saturated heterocycles. The summed E-state index contributed by atoms with van der Waals surface area (Å²) in [6, 6.07) is 1.28. The van der Waals surface area contributed by atoms with Gasteiger partial charge in [-0.2, -0.15) is 0 Å². The fourth-order valence-electron chi connectivity index (χ4n) is 1.49. The van der Waals surface area contributed by atoms with Crippen LogP contribution in [0.3, 0.4) is 0 Å². The fraction of sp³-hybridized carbons (Fsp3) is 0.455. The van der Waals surface area contributed by atoms with Crippen molar-refractivity contribution in [3.05, 3.63) is 23.0 Å². The first-order chi connectivity index (χ1) is 8.49. The second-order valence-electron chi connectivity index (χ2n) is 3.48. The zero-order valence-corrected chi connectivity index (χ0v) is 10.5. The Hall–Kier alpha value is -1.43. The van der Waals surface area contributed by atoms with Crippen LogP contribution in [-0.4, -0.2) is 17.6 Å². The van der Waals surface area contributed by atoms with Gasteiger partial charge in [0.15, 0.2) is 0 Å². The van der Waals surface area contributed by atoms with Gasteiger partial charge in [0.1, 0.15) is 0 Å². The van der Waals surface area contributed by atoms with E-state index in [0.29, 0.717) is 5.69 Å². The predicted octanol–water partition coefficient (Wildman–Crippen LogP) is 2.45. The largest absolute Gasteiger partial charge is 0.466 e. The molecule has 0 saturated carbocycles. The van der Waals surface area contributed by atoms with Crippen molar-refractivity contribution in [2.45, 2.75) is 25.7 Å². The number of nitrogen functional groups attached to an aromatic ring is 1. The number of pyridine rings is 1. The SMILES string of the molecule is CCOC(=O)Cc1nc(CCl)cc(N)c1C(F)F. The Bertz CT molecular complexity index is 441. The molecule has 0 aliphatic rings. The average molecular weight is 279 g/mol. The molecule has 2 N–H and O–H groups in total. The third kappa shape index (κ3) is 3.53. The van der Waals surface area contributed by atoms with Crippen LogP contribution in [-0.2, 0) is 21.8 Å². The van der Waals surface area contributed by atoms with Crippen LogP contribution in [0.2, 0.25) is 0 Å². The number of rotatable bonds is 5. The van der Waals surface area contributed by atoms with E-state index in [2.05, 4.69) is 4.98 Å². The zero-order valence-electron chi connectivity index (χ0n) is 9.75. The van der Waals surface area contributed by atoms with Crippen LogP contribution in [0.4, 0.5) is 14.5 Å². The van der Waals surface area contributed by atoms with Crippen molar-refractivity contribution >= 4 is 23.3 Å². The number of halogens is 3. The van der Waals surface area contributed by atoms with Crippen LogP contribution in [0.15, 0.2) is 6.07 Å². The molecule has 100 valence electrons. The fourth-order valence-corrected chi connectivity index (χ4v) is 1.63. The third-order valence-electron chi connectivity index (χ3n) is 2.19. The molecule has 0 aliphatic carbocycles. The first-order valence-corrected chi connectivity index (χ1v) is 5.80. The van der Waals surface area contributed by atoms with Gasteiger partial charge in [-0.3, -0.25) is 9.78 Å². The van der Waals surface area contributed by atoms with Crippen LogP contribution in [0, 0.1) is 0 Å². The van der Waals surface area contributed by atoms with Crippen molar-refractivity contribution in [2.24, 2.45) is 0 Å². The van der Waals surface area contributed by atoms with E-state index in [9.17, 15) is 13.6 Å². The molecular formula is C11H13ClF2N2O2. The summed E-state index contributed by atoms with van der Waals surface area (Å²) in [5.74, 6) is -0.596. The number of alkyl halides is 3. The number of aromatic nitrogens is 1. The molecule has 0 aliphatic heterocycles. The van der Waals surface area contributed by atoms with Gasteiger partial charge < -0.3 is 10.5 Å². The summed E-state index contributed by atoms with van der Waals surface area (Å²) in [7, 11) is 0. The van der Waals surface area contributed by atoms with Crippen molar-refractivity contribution in [2.75, 3.05) is 12.3 Å². The van der Waals surface area contributed by atoms with E-state index in [1.165, 1.54) is 6.07 Å². The predicted molar refractivity (Wildman–Crippen MR) is 63.5 cm³/mol. The van der Waals surface area contributed by atoms with E-state index < -0.39 is 18.0 Å². The topological polar surface area (TPSA) is 65.2 Å². The molecule has 0 radical (unpaired) electrons. The minimum atomic E-state index is -2.80. The highest BCUT2D eigenvalue weighted by Gasteiger charge is 2.21. The molecule has 4 nitrogen and oxygen atoms in total. The summed E-state index contributed by atoms with van der Waals surface area (Å²) in [5, 5.41) is 0. The molecule has 0 bridgehead atoms. The van der Waals surface area contributed by atoms with Crippen molar-refractivity contribution in [3.8, 4) is 0 Å². The molecule has 1 rings (SSSR count). The van der Waals surface area contributed by atoms with Crippen LogP contribution >= 0.6 is 11.6 Å². The molecule has 0 atom stereocenters. The molecule has 1 aromatic rings. The van der Waals surface area contributed by atoms with Crippen LogP contribution in [0.1, 0.15) is 30.3 Å². The molecule has 1 aromatic heterocycles. The minimum Gasteiger partial charge on any atom is -0.466 e. The number of carbonyl (C=O) groups is 1. The van der Waals surface area contributed by atoms with Gasteiger partial charge in [-0.15, -0.1) is 11.6 Å². The number of ether oxygens (including phenoxy) is 1. The lowest BCUT2D eigenvalue weighted by Gasteiger charge is -2.12. The Labute approximate surface area is 108 Å². The van der Waals surface area contributed by atoms with Crippen LogP contribution in [0.25, 0.3) is 0 Å². The van der Waals surface area contributed by atoms with E-state index in [4.69, 9.17) is 22.1 Å². The first-order valence-electron chi connectivity index (χ1n) is 5.27. The molecular weight excluding hydrogens is 266 g/mol. The zero-order chi connectivity index (χ0) is 13.7. The molecule has 7 heteroatoms. The molecule has 0 spiro atoms. The molecule has 0 amide bonds. The molecule has 0 aromatic carbocycles. The highest BCUT2D eigenvalue weighted by Crippen LogP contribution is 2.29. The van der Waals surface area contributed by atoms with Crippen molar-refractivity contribution in [1.29, 1.82) is 0 Å². The second-order valence-corrected chi connectivity index (χ2v) is 3.75. The highest BCUT2D eigenvalue weighted by molar-refractivity contribution is 6.16. The number of carbonyl (C=O) groups excluding carboxylic acids is 1. The second kappa shape index (κ2) is 6.49. The quantitative estimate of drug-likeness (QED) is 0.664. The standard InChI is InChI=1S/C11H13ClF2N2O2/c1-2-18-9(17)4-8-10(11(13)14)7(15)3-6(5-12)16-8/h3,11H,2,4-5H2,1H3,(H2,15,16). The summed E-state index contributed by atoms with van der Waals surface area (Å²) >= 11 is 5.58. The summed E-state index contributed by atoms with van der Waals surface area (Å²) in [5.41, 5.74) is 5.23. The van der Waals surface area contributed by atoms with Crippen molar-refractivity contribution in [3.63, 3.8) is 0 Å². The van der Waals surface area contributed by atoms with Gasteiger partial charge >= 0.3 is 5.97 Å². The van der Waals surface area contributed by atoms with Gasteiger partial charge in [0.25, 0.3) is 6.43 Å². The summed E-state index contributed by atoms with van der Waals surface area (Å²) in [4.78, 5) is 15.2. The number of hydrogen-bond acceptors (Lipinski definition) is 4. The van der Waals surface area contributed by atoms with E-state index in [1.54, 1.807) is 6.92 Å². The van der Waals surface area contributed by atoms with E-state index in [0.717, 1.165) is 0 Å². The Balaban J connectivity index is 3.13. The Morgan fingerprint density at radius 1 is 1.61 bits per heavy atom.